The third kappa shape index (κ3) is 8.54. The van der Waals surface area contributed by atoms with E-state index in [0.717, 1.165) is 164 Å². The van der Waals surface area contributed by atoms with Gasteiger partial charge in [-0.3, -0.25) is 0 Å². The molecule has 0 radical (unpaired) electrons. The Bertz CT molecular complexity index is 7770. The van der Waals surface area contributed by atoms with Crippen LogP contribution in [0.25, 0.3) is 187 Å². The summed E-state index contributed by atoms with van der Waals surface area (Å²) in [5.41, 5.74) is 20.6. The van der Waals surface area contributed by atoms with Crippen molar-refractivity contribution in [1.82, 2.24) is 27.4 Å². The van der Waals surface area contributed by atoms with Crippen LogP contribution in [0.5, 0.6) is 0 Å². The molecule has 12 heteroatoms. The Morgan fingerprint density at radius 2 is 0.463 bits per heavy atom. The smallest absolute Gasteiger partial charge is 0.104 e. The van der Waals surface area contributed by atoms with Crippen LogP contribution in [0.3, 0.4) is 0 Å². The lowest BCUT2D eigenvalue weighted by molar-refractivity contribution is 1.09. The van der Waals surface area contributed by atoms with E-state index >= 15 is 0 Å². The molecule has 0 unspecified atom stereocenters. The van der Waals surface area contributed by atoms with E-state index in [0.29, 0.717) is 45.0 Å². The number of fused-ring (bicyclic) bond motifs is 18. The maximum atomic E-state index is 11.8. The molecule has 21 rings (SSSR count). The summed E-state index contributed by atoms with van der Waals surface area (Å²) in [6.45, 7) is 0. The highest BCUT2D eigenvalue weighted by Gasteiger charge is 2.28. The Morgan fingerprint density at radius 3 is 0.833 bits per heavy atom. The van der Waals surface area contributed by atoms with Crippen LogP contribution in [-0.4, -0.2) is 27.4 Å². The standard InChI is InChI=1S/C96H50N12/c97-51-61-37-42-91(104-83-28-12-6-22-72(83)76-47-59(35-39-88(76)104)60-33-38-75-71-21-1-9-25-80(71)103(92(75)48-60)66-43-64(54-100)95(65(44-66)55-101)107-85-30-14-4-19-69(85)70-20-5-15-31-86(70)107)79(56-102)96(61)108-87-32-16-8-24-74(87)78-46-58(36-41-90(78)108)57-34-40-89-77(45-57)73-23-7-13-29-84(73)106(89)94-50-63(53-99)62(52-98)49-93(94)105-81-26-10-2-17-67(81)68-18-3-11-27-82(68)105/h1-50H. The molecule has 6 heterocycles. The van der Waals surface area contributed by atoms with E-state index < -0.39 is 0 Å². The largest absolute Gasteiger partial charge is 0.309 e. The van der Waals surface area contributed by atoms with E-state index in [1.165, 1.54) is 0 Å². The number of benzene rings is 15. The van der Waals surface area contributed by atoms with Crippen molar-refractivity contribution in [2.45, 2.75) is 0 Å². The molecule has 0 fully saturated rings. The van der Waals surface area contributed by atoms with E-state index in [1.54, 1.807) is 0 Å². The normalized spacial score (nSPS) is 11.6. The Labute approximate surface area is 615 Å². The van der Waals surface area contributed by atoms with Crippen LogP contribution in [0.2, 0.25) is 0 Å². The number of hydrogen-bond donors (Lipinski definition) is 0. The van der Waals surface area contributed by atoms with Gasteiger partial charge >= 0.3 is 0 Å². The highest BCUT2D eigenvalue weighted by atomic mass is 15.1. The molecule has 0 spiro atoms. The van der Waals surface area contributed by atoms with Gasteiger partial charge in [0.1, 0.15) is 42.0 Å². The number of aromatic nitrogens is 6. The fraction of sp³-hybridized carbons (Fsp3) is 0. The summed E-state index contributed by atoms with van der Waals surface area (Å²) in [4.78, 5) is 0. The van der Waals surface area contributed by atoms with Crippen molar-refractivity contribution in [2.24, 2.45) is 0 Å². The van der Waals surface area contributed by atoms with Crippen molar-refractivity contribution in [3.05, 3.63) is 337 Å². The van der Waals surface area contributed by atoms with Gasteiger partial charge < -0.3 is 27.4 Å². The average molecular weight is 1370 g/mol. The second kappa shape index (κ2) is 23.3. The van der Waals surface area contributed by atoms with Gasteiger partial charge in [0.15, 0.2) is 0 Å². The summed E-state index contributed by atoms with van der Waals surface area (Å²) in [6.07, 6.45) is 0. The molecular weight excluding hydrogens is 1320 g/mol. The molecule has 12 nitrogen and oxygen atoms in total. The summed E-state index contributed by atoms with van der Waals surface area (Å²) in [5.74, 6) is 0. The predicted molar refractivity (Wildman–Crippen MR) is 432 cm³/mol. The monoisotopic (exact) mass is 1370 g/mol. The number of nitriles is 6. The molecule has 0 saturated carbocycles. The quantitative estimate of drug-likeness (QED) is 0.146. The maximum Gasteiger partial charge on any atom is 0.104 e. The van der Waals surface area contributed by atoms with Gasteiger partial charge in [-0.05, 0) is 150 Å². The SMILES string of the molecule is N#Cc1cc(-n2c3ccccc3c3ccccc32)c(-n2c3ccccc3c3cc(-c4ccc5c(c4)c4ccccc4n5-c4c(C#N)ccc(-n5c6ccccc6c6cc(-c7ccc8c9ccccc9n(-c9cc(C#N)c(-n%10c%11ccccc%11c%11ccccc%11%10)c(C#N)c9)c8c7)ccc65)c4C#N)ccc32)cc1C#N. The van der Waals surface area contributed by atoms with Crippen LogP contribution in [0.1, 0.15) is 33.4 Å². The topological polar surface area (TPSA) is 172 Å². The third-order valence-corrected chi connectivity index (χ3v) is 22.0. The molecule has 6 aromatic heterocycles. The van der Waals surface area contributed by atoms with Gasteiger partial charge in [0.2, 0.25) is 0 Å². The van der Waals surface area contributed by atoms with Crippen molar-refractivity contribution < 1.29 is 0 Å². The van der Waals surface area contributed by atoms with Crippen molar-refractivity contribution >= 4 is 131 Å². The molecule has 0 aliphatic heterocycles. The van der Waals surface area contributed by atoms with Crippen LogP contribution >= 0.6 is 0 Å². The summed E-state index contributed by atoms with van der Waals surface area (Å²) in [5, 5.41) is 78.5. The number of rotatable bonds is 8. The van der Waals surface area contributed by atoms with Gasteiger partial charge in [-0.15, -0.1) is 0 Å². The molecule has 0 atom stereocenters. The molecule has 0 bridgehead atoms. The molecule has 21 aromatic rings. The first kappa shape index (κ1) is 60.8. The highest BCUT2D eigenvalue weighted by molar-refractivity contribution is 6.17. The molecule has 0 amide bonds. The van der Waals surface area contributed by atoms with E-state index in [4.69, 9.17) is 0 Å². The Balaban J connectivity index is 0.689. The number of nitrogens with zero attached hydrogens (tertiary/aromatic N) is 12. The zero-order valence-corrected chi connectivity index (χ0v) is 57.2. The van der Waals surface area contributed by atoms with Gasteiger partial charge in [-0.25, -0.2) is 0 Å². The molecule has 0 N–H and O–H groups in total. The Kier molecular flexibility index (Phi) is 13.1. The summed E-state index contributed by atoms with van der Waals surface area (Å²) >= 11 is 0. The summed E-state index contributed by atoms with van der Waals surface area (Å²) in [7, 11) is 0. The lowest BCUT2D eigenvalue weighted by atomic mass is 10.0. The van der Waals surface area contributed by atoms with Crippen molar-refractivity contribution in [3.8, 4) is 92.8 Å². The van der Waals surface area contributed by atoms with Crippen LogP contribution < -0.4 is 0 Å². The Morgan fingerprint density at radius 1 is 0.176 bits per heavy atom. The molecule has 0 aliphatic carbocycles. The van der Waals surface area contributed by atoms with Gasteiger partial charge in [0.25, 0.3) is 0 Å². The van der Waals surface area contributed by atoms with Gasteiger partial charge in [-0.2, -0.15) is 31.6 Å². The first-order valence-corrected chi connectivity index (χ1v) is 35.4. The first-order valence-electron chi connectivity index (χ1n) is 35.4. The second-order valence-electron chi connectivity index (χ2n) is 27.4. The predicted octanol–water partition coefficient (Wildman–Crippen LogP) is 22.8. The highest BCUT2D eigenvalue weighted by Crippen LogP contribution is 2.46. The zero-order valence-electron chi connectivity index (χ0n) is 57.2. The van der Waals surface area contributed by atoms with E-state index in [9.17, 15) is 31.6 Å². The molecule has 494 valence electrons. The van der Waals surface area contributed by atoms with Crippen LogP contribution in [0, 0.1) is 68.0 Å². The molecule has 108 heavy (non-hydrogen) atoms. The van der Waals surface area contributed by atoms with Crippen LogP contribution in [-0.2, 0) is 0 Å². The summed E-state index contributed by atoms with van der Waals surface area (Å²) in [6, 6.07) is 118. The molecule has 15 aromatic carbocycles. The summed E-state index contributed by atoms with van der Waals surface area (Å²) < 4.78 is 12.9. The minimum atomic E-state index is 0.282. The number of para-hydroxylation sites is 8. The maximum absolute atomic E-state index is 11.8. The van der Waals surface area contributed by atoms with E-state index in [-0.39, 0.29) is 11.1 Å². The third-order valence-electron chi connectivity index (χ3n) is 22.0. The molecular formula is C96H50N12. The Hall–Kier alpha value is -16.0. The fourth-order valence-corrected chi connectivity index (χ4v) is 17.5. The van der Waals surface area contributed by atoms with Crippen molar-refractivity contribution in [2.75, 3.05) is 0 Å². The van der Waals surface area contributed by atoms with E-state index in [2.05, 4.69) is 217 Å². The van der Waals surface area contributed by atoms with Crippen molar-refractivity contribution in [3.63, 3.8) is 0 Å². The van der Waals surface area contributed by atoms with Gasteiger partial charge in [-0.1, -0.05) is 176 Å². The lowest BCUT2D eigenvalue weighted by Crippen LogP contribution is -2.06. The minimum absolute atomic E-state index is 0.282. The molecule has 0 aliphatic rings. The fourth-order valence-electron chi connectivity index (χ4n) is 17.5. The lowest BCUT2D eigenvalue weighted by Gasteiger charge is -2.18. The molecule has 0 saturated heterocycles. The van der Waals surface area contributed by atoms with Gasteiger partial charge in [0.05, 0.1) is 122 Å². The first-order chi connectivity index (χ1) is 53.3. The second-order valence-corrected chi connectivity index (χ2v) is 27.4. The average Bonchev–Trinajstić information content (AvgIpc) is 1.56. The van der Waals surface area contributed by atoms with Crippen LogP contribution in [0.15, 0.2) is 303 Å². The number of hydrogen-bond acceptors (Lipinski definition) is 6. The van der Waals surface area contributed by atoms with E-state index in [1.807, 2.05) is 150 Å². The van der Waals surface area contributed by atoms with Crippen molar-refractivity contribution in [1.29, 1.82) is 31.6 Å². The van der Waals surface area contributed by atoms with Gasteiger partial charge in [0, 0.05) is 70.3 Å². The van der Waals surface area contributed by atoms with Crippen LogP contribution in [0.4, 0.5) is 0 Å². The zero-order chi connectivity index (χ0) is 72.2. The minimum Gasteiger partial charge on any atom is -0.309 e.